The lowest BCUT2D eigenvalue weighted by molar-refractivity contribution is 0.280. The summed E-state index contributed by atoms with van der Waals surface area (Å²) >= 11 is 0. The first-order valence-corrected chi connectivity index (χ1v) is 6.06. The highest BCUT2D eigenvalue weighted by molar-refractivity contribution is 5.85. The molecule has 1 N–H and O–H groups in total. The van der Waals surface area contributed by atoms with E-state index in [9.17, 15) is 0 Å². The molecule has 0 fully saturated rings. The van der Waals surface area contributed by atoms with Gasteiger partial charge in [-0.05, 0) is 30.5 Å². The number of rotatable bonds is 5. The van der Waals surface area contributed by atoms with Crippen LogP contribution in [0, 0.1) is 0 Å². The molecule has 0 aliphatic carbocycles. The minimum atomic E-state index is 0.227. The van der Waals surface area contributed by atoms with Crippen molar-refractivity contribution in [3.63, 3.8) is 0 Å². The van der Waals surface area contributed by atoms with Gasteiger partial charge in [0.05, 0.1) is 12.6 Å². The average molecular weight is 233 g/mol. The summed E-state index contributed by atoms with van der Waals surface area (Å²) in [5.41, 5.74) is 2.54. The molecule has 0 aliphatic heterocycles. The van der Waals surface area contributed by atoms with Crippen LogP contribution < -0.4 is 4.74 Å². The number of benzene rings is 1. The lowest BCUT2D eigenvalue weighted by Gasteiger charge is -2.05. The molecule has 0 atom stereocenters. The van der Waals surface area contributed by atoms with Crippen molar-refractivity contribution < 1.29 is 9.84 Å². The maximum Gasteiger partial charge on any atom is 0.120 e. The number of aliphatic hydroxyl groups excluding tert-OH is 1. The van der Waals surface area contributed by atoms with E-state index in [-0.39, 0.29) is 6.61 Å². The van der Waals surface area contributed by atoms with Gasteiger partial charge in [-0.3, -0.25) is 0 Å². The molecule has 92 valence electrons. The summed E-state index contributed by atoms with van der Waals surface area (Å²) in [6.45, 7) is 3.24. The van der Waals surface area contributed by atoms with Crippen molar-refractivity contribution in [2.75, 3.05) is 13.7 Å². The number of aryl methyl sites for hydroxylation is 2. The zero-order chi connectivity index (χ0) is 12.3. The van der Waals surface area contributed by atoms with Crippen molar-refractivity contribution in [1.82, 2.24) is 4.57 Å². The molecular formula is C14H19NO2. The zero-order valence-corrected chi connectivity index (χ0v) is 10.4. The van der Waals surface area contributed by atoms with Crippen LogP contribution in [0.1, 0.15) is 18.9 Å². The largest absolute Gasteiger partial charge is 0.497 e. The summed E-state index contributed by atoms with van der Waals surface area (Å²) in [6, 6.07) is 6.17. The first-order valence-electron chi connectivity index (χ1n) is 6.06. The molecule has 1 aromatic heterocycles. The Morgan fingerprint density at radius 2 is 2.18 bits per heavy atom. The summed E-state index contributed by atoms with van der Waals surface area (Å²) < 4.78 is 7.46. The van der Waals surface area contributed by atoms with Gasteiger partial charge < -0.3 is 14.4 Å². The summed E-state index contributed by atoms with van der Waals surface area (Å²) in [5, 5.41) is 10.2. The van der Waals surface area contributed by atoms with Crippen LogP contribution in [0.25, 0.3) is 10.9 Å². The zero-order valence-electron chi connectivity index (χ0n) is 10.4. The van der Waals surface area contributed by atoms with Crippen LogP contribution in [0.3, 0.4) is 0 Å². The third-order valence-electron chi connectivity index (χ3n) is 3.11. The number of ether oxygens (including phenoxy) is 1. The average Bonchev–Trinajstić information content (AvgIpc) is 2.73. The smallest absolute Gasteiger partial charge is 0.120 e. The first kappa shape index (κ1) is 12.0. The molecule has 0 saturated carbocycles. The van der Waals surface area contributed by atoms with Gasteiger partial charge in [0.15, 0.2) is 0 Å². The fourth-order valence-corrected chi connectivity index (χ4v) is 2.18. The summed E-state index contributed by atoms with van der Waals surface area (Å²) in [5.74, 6) is 0.878. The molecule has 17 heavy (non-hydrogen) atoms. The summed E-state index contributed by atoms with van der Waals surface area (Å²) in [6.07, 6.45) is 3.98. The van der Waals surface area contributed by atoms with Crippen LogP contribution in [0.15, 0.2) is 24.4 Å². The number of aliphatic hydroxyl groups is 1. The van der Waals surface area contributed by atoms with Crippen molar-refractivity contribution in [1.29, 1.82) is 0 Å². The van der Waals surface area contributed by atoms with E-state index in [1.165, 1.54) is 16.5 Å². The molecule has 3 heteroatoms. The van der Waals surface area contributed by atoms with E-state index < -0.39 is 0 Å². The van der Waals surface area contributed by atoms with Crippen molar-refractivity contribution >= 4 is 10.9 Å². The molecule has 0 radical (unpaired) electrons. The second-order valence-electron chi connectivity index (χ2n) is 4.16. The number of nitrogens with zero attached hydrogens (tertiary/aromatic N) is 1. The lowest BCUT2D eigenvalue weighted by Crippen LogP contribution is -1.98. The van der Waals surface area contributed by atoms with Crippen LogP contribution in [-0.2, 0) is 13.0 Å². The third-order valence-corrected chi connectivity index (χ3v) is 3.11. The minimum Gasteiger partial charge on any atom is -0.497 e. The van der Waals surface area contributed by atoms with Gasteiger partial charge in [0, 0.05) is 30.8 Å². The standard InChI is InChI=1S/C14H19NO2/c1-3-11-10-15(7-4-8-16)14-9-12(17-2)5-6-13(11)14/h5-6,9-10,16H,3-4,7-8H2,1-2H3. The van der Waals surface area contributed by atoms with Gasteiger partial charge in [-0.1, -0.05) is 6.92 Å². The van der Waals surface area contributed by atoms with Gasteiger partial charge in [0.2, 0.25) is 0 Å². The van der Waals surface area contributed by atoms with Crippen LogP contribution in [-0.4, -0.2) is 23.4 Å². The second kappa shape index (κ2) is 5.23. The molecular weight excluding hydrogens is 214 g/mol. The molecule has 0 saturated heterocycles. The van der Waals surface area contributed by atoms with Crippen LogP contribution in [0.4, 0.5) is 0 Å². The molecule has 2 aromatic rings. The number of aromatic nitrogens is 1. The highest BCUT2D eigenvalue weighted by Crippen LogP contribution is 2.26. The van der Waals surface area contributed by atoms with Crippen LogP contribution in [0.2, 0.25) is 0 Å². The predicted octanol–water partition coefficient (Wildman–Crippen LogP) is 2.59. The Hall–Kier alpha value is -1.48. The Bertz CT molecular complexity index is 502. The maximum absolute atomic E-state index is 8.93. The summed E-state index contributed by atoms with van der Waals surface area (Å²) in [4.78, 5) is 0. The van der Waals surface area contributed by atoms with Crippen LogP contribution in [0.5, 0.6) is 5.75 Å². The first-order chi connectivity index (χ1) is 8.30. The van der Waals surface area contributed by atoms with Crippen molar-refractivity contribution in [2.45, 2.75) is 26.3 Å². The van der Waals surface area contributed by atoms with Gasteiger partial charge in [-0.15, -0.1) is 0 Å². The molecule has 0 spiro atoms. The van der Waals surface area contributed by atoms with Crippen molar-refractivity contribution in [3.05, 3.63) is 30.0 Å². The van der Waals surface area contributed by atoms with Gasteiger partial charge in [0.1, 0.15) is 5.75 Å². The van der Waals surface area contributed by atoms with Gasteiger partial charge in [-0.25, -0.2) is 0 Å². The Morgan fingerprint density at radius 3 is 2.82 bits per heavy atom. The van der Waals surface area contributed by atoms with E-state index in [4.69, 9.17) is 9.84 Å². The Balaban J connectivity index is 2.49. The predicted molar refractivity (Wildman–Crippen MR) is 69.6 cm³/mol. The molecule has 1 heterocycles. The molecule has 3 nitrogen and oxygen atoms in total. The van der Waals surface area contributed by atoms with Crippen molar-refractivity contribution in [2.24, 2.45) is 0 Å². The van der Waals surface area contributed by atoms with E-state index in [0.29, 0.717) is 0 Å². The molecule has 1 aromatic carbocycles. The van der Waals surface area contributed by atoms with Crippen LogP contribution >= 0.6 is 0 Å². The number of methoxy groups -OCH3 is 1. The second-order valence-corrected chi connectivity index (χ2v) is 4.16. The molecule has 0 unspecified atom stereocenters. The van der Waals surface area contributed by atoms with E-state index in [0.717, 1.165) is 25.1 Å². The number of hydrogen-bond donors (Lipinski definition) is 1. The lowest BCUT2D eigenvalue weighted by atomic mass is 10.1. The normalized spacial score (nSPS) is 11.0. The number of hydrogen-bond acceptors (Lipinski definition) is 2. The molecule has 0 bridgehead atoms. The van der Waals surface area contributed by atoms with E-state index in [1.54, 1.807) is 7.11 Å². The Labute approximate surface area is 102 Å². The van der Waals surface area contributed by atoms with E-state index in [2.05, 4.69) is 29.8 Å². The van der Waals surface area contributed by atoms with E-state index >= 15 is 0 Å². The molecule has 0 amide bonds. The van der Waals surface area contributed by atoms with E-state index in [1.807, 2.05) is 6.07 Å². The topological polar surface area (TPSA) is 34.4 Å². The molecule has 0 aliphatic rings. The van der Waals surface area contributed by atoms with Crippen molar-refractivity contribution in [3.8, 4) is 5.75 Å². The SMILES string of the molecule is CCc1cn(CCCO)c2cc(OC)ccc12. The highest BCUT2D eigenvalue weighted by atomic mass is 16.5. The maximum atomic E-state index is 8.93. The fraction of sp³-hybridized carbons (Fsp3) is 0.429. The van der Waals surface area contributed by atoms with Gasteiger partial charge in [-0.2, -0.15) is 0 Å². The minimum absolute atomic E-state index is 0.227. The monoisotopic (exact) mass is 233 g/mol. The quantitative estimate of drug-likeness (QED) is 0.861. The third kappa shape index (κ3) is 2.29. The Kier molecular flexibility index (Phi) is 3.69. The molecule has 2 rings (SSSR count). The summed E-state index contributed by atoms with van der Waals surface area (Å²) in [7, 11) is 1.68. The van der Waals surface area contributed by atoms with Gasteiger partial charge >= 0.3 is 0 Å². The highest BCUT2D eigenvalue weighted by Gasteiger charge is 2.07. The van der Waals surface area contributed by atoms with Gasteiger partial charge in [0.25, 0.3) is 0 Å². The Morgan fingerprint density at radius 1 is 1.35 bits per heavy atom. The number of fused-ring (bicyclic) bond motifs is 1. The fourth-order valence-electron chi connectivity index (χ4n) is 2.18.